The second-order valence-corrected chi connectivity index (χ2v) is 7.88. The highest BCUT2D eigenvalue weighted by molar-refractivity contribution is 7.90. The molecule has 0 aliphatic carbocycles. The average Bonchev–Trinajstić information content (AvgIpc) is 2.61. The number of aromatic nitrogens is 2. The van der Waals surface area contributed by atoms with Gasteiger partial charge in [-0.25, -0.2) is 13.4 Å². The molecular weight excluding hydrogens is 356 g/mol. The van der Waals surface area contributed by atoms with Crippen LogP contribution >= 0.6 is 0 Å². The molecule has 138 valence electrons. The molecule has 0 aliphatic rings. The number of hydrogen-bond donors (Lipinski definition) is 2. The molecule has 2 atom stereocenters. The number of nitrogens with one attached hydrogen (secondary N) is 1. The van der Waals surface area contributed by atoms with E-state index in [1.807, 2.05) is 0 Å². The van der Waals surface area contributed by atoms with E-state index in [0.29, 0.717) is 11.1 Å². The van der Waals surface area contributed by atoms with Crippen molar-refractivity contribution >= 4 is 21.5 Å². The lowest BCUT2D eigenvalue weighted by molar-refractivity contribution is -0.118. The quantitative estimate of drug-likeness (QED) is 0.725. The monoisotopic (exact) mass is 376 g/mol. The Bertz CT molecular complexity index is 900. The van der Waals surface area contributed by atoms with Crippen molar-refractivity contribution in [2.24, 2.45) is 5.73 Å². The lowest BCUT2D eigenvalue weighted by atomic mass is 9.98. The third-order valence-corrected chi connectivity index (χ3v) is 4.78. The van der Waals surface area contributed by atoms with Crippen molar-refractivity contribution in [1.29, 1.82) is 0 Å². The Morgan fingerprint density at radius 1 is 1.19 bits per heavy atom. The van der Waals surface area contributed by atoms with Gasteiger partial charge in [-0.05, 0) is 43.2 Å². The number of rotatable bonds is 7. The minimum absolute atomic E-state index is 0.116. The topological polar surface area (TPSA) is 132 Å². The smallest absolute Gasteiger partial charge is 0.251 e. The van der Waals surface area contributed by atoms with Crippen molar-refractivity contribution in [2.45, 2.75) is 30.5 Å². The maximum absolute atomic E-state index is 12.5. The van der Waals surface area contributed by atoms with E-state index in [0.717, 1.165) is 6.26 Å². The molecule has 2 heterocycles. The molecule has 0 saturated heterocycles. The highest BCUT2D eigenvalue weighted by Gasteiger charge is 2.22. The van der Waals surface area contributed by atoms with Crippen molar-refractivity contribution < 1.29 is 18.0 Å². The van der Waals surface area contributed by atoms with Crippen LogP contribution in [0.1, 0.15) is 35.3 Å². The van der Waals surface area contributed by atoms with Crippen molar-refractivity contribution in [1.82, 2.24) is 15.3 Å². The number of carbonyl (C=O) groups is 2. The first-order valence-electron chi connectivity index (χ1n) is 7.81. The van der Waals surface area contributed by atoms with Gasteiger partial charge in [0, 0.05) is 30.4 Å². The van der Waals surface area contributed by atoms with E-state index in [-0.39, 0.29) is 23.1 Å². The highest BCUT2D eigenvalue weighted by Crippen LogP contribution is 2.21. The van der Waals surface area contributed by atoms with Gasteiger partial charge < -0.3 is 11.1 Å². The van der Waals surface area contributed by atoms with Gasteiger partial charge in [0.05, 0.1) is 12.1 Å². The summed E-state index contributed by atoms with van der Waals surface area (Å²) >= 11 is 0. The summed E-state index contributed by atoms with van der Waals surface area (Å²) in [5.74, 6) is -0.614. The molecule has 0 spiro atoms. The maximum Gasteiger partial charge on any atom is 0.251 e. The molecule has 8 nitrogen and oxygen atoms in total. The molecule has 1 amide bonds. The summed E-state index contributed by atoms with van der Waals surface area (Å²) in [4.78, 5) is 31.7. The van der Waals surface area contributed by atoms with E-state index < -0.39 is 21.9 Å². The van der Waals surface area contributed by atoms with Crippen LogP contribution in [-0.2, 0) is 14.6 Å². The fourth-order valence-electron chi connectivity index (χ4n) is 2.29. The normalized spacial score (nSPS) is 13.7. The fraction of sp³-hybridized carbons (Fsp3) is 0.294. The summed E-state index contributed by atoms with van der Waals surface area (Å²) in [5.41, 5.74) is 6.74. The van der Waals surface area contributed by atoms with Crippen LogP contribution in [0.25, 0.3) is 0 Å². The van der Waals surface area contributed by atoms with Crippen LogP contribution in [0.5, 0.6) is 0 Å². The van der Waals surface area contributed by atoms with Crippen LogP contribution in [0.4, 0.5) is 0 Å². The zero-order chi connectivity index (χ0) is 19.3. The maximum atomic E-state index is 12.5. The Morgan fingerprint density at radius 2 is 1.85 bits per heavy atom. The molecule has 3 N–H and O–H groups in total. The molecule has 0 fully saturated rings. The second-order valence-electron chi connectivity index (χ2n) is 5.91. The Morgan fingerprint density at radius 3 is 2.42 bits per heavy atom. The summed E-state index contributed by atoms with van der Waals surface area (Å²) in [6, 6.07) is 4.60. The predicted molar refractivity (Wildman–Crippen MR) is 95.1 cm³/mol. The predicted octanol–water partition coefficient (Wildman–Crippen LogP) is 0.658. The number of sulfone groups is 1. The van der Waals surface area contributed by atoms with Gasteiger partial charge in [-0.1, -0.05) is 0 Å². The zero-order valence-electron chi connectivity index (χ0n) is 14.4. The zero-order valence-corrected chi connectivity index (χ0v) is 15.2. The summed E-state index contributed by atoms with van der Waals surface area (Å²) in [5, 5.41) is 2.68. The Kier molecular flexibility index (Phi) is 6.17. The van der Waals surface area contributed by atoms with Gasteiger partial charge in [-0.15, -0.1) is 0 Å². The van der Waals surface area contributed by atoms with Crippen LogP contribution in [0, 0.1) is 0 Å². The lowest BCUT2D eigenvalue weighted by Gasteiger charge is -2.22. The van der Waals surface area contributed by atoms with E-state index in [2.05, 4.69) is 15.3 Å². The van der Waals surface area contributed by atoms with Crippen molar-refractivity contribution in [3.63, 3.8) is 0 Å². The molecule has 0 saturated carbocycles. The Labute approximate surface area is 151 Å². The van der Waals surface area contributed by atoms with E-state index in [4.69, 9.17) is 5.73 Å². The number of carbonyl (C=O) groups excluding carboxylic acids is 2. The van der Waals surface area contributed by atoms with Gasteiger partial charge in [-0.2, -0.15) is 0 Å². The van der Waals surface area contributed by atoms with Crippen molar-refractivity contribution in [3.8, 4) is 0 Å². The molecule has 1 unspecified atom stereocenters. The summed E-state index contributed by atoms with van der Waals surface area (Å²) in [6.45, 7) is 1.36. The minimum Gasteiger partial charge on any atom is -0.345 e. The van der Waals surface area contributed by atoms with Gasteiger partial charge in [0.25, 0.3) is 5.91 Å². The third kappa shape index (κ3) is 5.17. The van der Waals surface area contributed by atoms with Crippen LogP contribution < -0.4 is 11.1 Å². The standard InChI is InChI=1S/C17H20N4O4S/c1-11(22)14(18)10-15(21-17(23)12-3-6-19-7-4-12)13-5-8-20-16(9-13)26(2,24)25/h3-9,14-15H,10,18H2,1-2H3,(H,21,23)/t14?,15-/m0/s1. The number of hydrogen-bond acceptors (Lipinski definition) is 7. The number of nitrogens with two attached hydrogens (primary N) is 1. The van der Waals surface area contributed by atoms with Gasteiger partial charge in [0.15, 0.2) is 14.9 Å². The molecule has 0 radical (unpaired) electrons. The molecule has 2 aromatic rings. The number of ketones is 1. The van der Waals surface area contributed by atoms with E-state index >= 15 is 0 Å². The third-order valence-electron chi connectivity index (χ3n) is 3.80. The van der Waals surface area contributed by atoms with E-state index in [1.165, 1.54) is 31.6 Å². The number of Topliss-reactive ketones (excluding diaryl/α,β-unsaturated/α-hetero) is 1. The molecule has 2 rings (SSSR count). The lowest BCUT2D eigenvalue weighted by Crippen LogP contribution is -2.37. The highest BCUT2D eigenvalue weighted by atomic mass is 32.2. The van der Waals surface area contributed by atoms with Gasteiger partial charge in [-0.3, -0.25) is 14.6 Å². The largest absolute Gasteiger partial charge is 0.345 e. The molecule has 26 heavy (non-hydrogen) atoms. The Balaban J connectivity index is 2.35. The molecule has 0 aromatic carbocycles. The van der Waals surface area contributed by atoms with Crippen LogP contribution in [0.15, 0.2) is 47.9 Å². The first-order chi connectivity index (χ1) is 12.2. The van der Waals surface area contributed by atoms with Gasteiger partial charge in [0.1, 0.15) is 5.78 Å². The SMILES string of the molecule is CC(=O)C(N)C[C@H](NC(=O)c1ccncc1)c1ccnc(S(C)(=O)=O)c1. The molecule has 0 bridgehead atoms. The number of amides is 1. The van der Waals surface area contributed by atoms with Crippen LogP contribution in [-0.4, -0.2) is 42.4 Å². The van der Waals surface area contributed by atoms with Gasteiger partial charge >= 0.3 is 0 Å². The van der Waals surface area contributed by atoms with Crippen molar-refractivity contribution in [2.75, 3.05) is 6.26 Å². The molecular formula is C17H20N4O4S. The molecule has 9 heteroatoms. The molecule has 2 aromatic heterocycles. The van der Waals surface area contributed by atoms with Crippen molar-refractivity contribution in [3.05, 3.63) is 54.0 Å². The fourth-order valence-corrected chi connectivity index (χ4v) is 2.89. The molecule has 0 aliphatic heterocycles. The van der Waals surface area contributed by atoms with Crippen LogP contribution in [0.3, 0.4) is 0 Å². The Hall–Kier alpha value is -2.65. The van der Waals surface area contributed by atoms with E-state index in [1.54, 1.807) is 18.2 Å². The minimum atomic E-state index is -3.51. The first-order valence-corrected chi connectivity index (χ1v) is 9.70. The second kappa shape index (κ2) is 8.15. The average molecular weight is 376 g/mol. The number of pyridine rings is 2. The van der Waals surface area contributed by atoms with E-state index in [9.17, 15) is 18.0 Å². The van der Waals surface area contributed by atoms with Crippen LogP contribution in [0.2, 0.25) is 0 Å². The first kappa shape index (κ1) is 19.7. The summed E-state index contributed by atoms with van der Waals surface area (Å²) in [7, 11) is -3.51. The summed E-state index contributed by atoms with van der Waals surface area (Å²) < 4.78 is 23.5. The summed E-state index contributed by atoms with van der Waals surface area (Å²) in [6.07, 6.45) is 5.49. The van der Waals surface area contributed by atoms with Gasteiger partial charge in [0.2, 0.25) is 0 Å². The number of nitrogens with zero attached hydrogens (tertiary/aromatic N) is 2.